The Kier molecular flexibility index (Phi) is 5.17. The van der Waals surface area contributed by atoms with Gasteiger partial charge < -0.3 is 10.1 Å². The van der Waals surface area contributed by atoms with Crippen LogP contribution in [0.1, 0.15) is 36.0 Å². The molecule has 1 aliphatic carbocycles. The number of piperidine rings is 1. The van der Waals surface area contributed by atoms with Crippen molar-refractivity contribution < 1.29 is 9.53 Å². The Hall–Kier alpha value is -2.33. The fourth-order valence-corrected chi connectivity index (χ4v) is 4.57. The molecule has 1 amide bonds. The molecule has 4 heteroatoms. The van der Waals surface area contributed by atoms with Crippen LogP contribution in [-0.2, 0) is 24.2 Å². The Balaban J connectivity index is 1.54. The van der Waals surface area contributed by atoms with Gasteiger partial charge in [-0.15, -0.1) is 0 Å². The number of rotatable bonds is 5. The van der Waals surface area contributed by atoms with Crippen molar-refractivity contribution in [3.63, 3.8) is 0 Å². The van der Waals surface area contributed by atoms with E-state index in [1.807, 2.05) is 24.3 Å². The van der Waals surface area contributed by atoms with E-state index in [0.29, 0.717) is 6.54 Å². The van der Waals surface area contributed by atoms with Crippen LogP contribution in [0.2, 0.25) is 0 Å². The number of carbonyl (C=O) groups is 1. The van der Waals surface area contributed by atoms with Crippen molar-refractivity contribution in [2.24, 2.45) is 0 Å². The van der Waals surface area contributed by atoms with E-state index in [2.05, 4.69) is 34.5 Å². The first kappa shape index (κ1) is 18.1. The van der Waals surface area contributed by atoms with Crippen LogP contribution < -0.4 is 10.1 Å². The number of nitrogens with zero attached hydrogens (tertiary/aromatic N) is 1. The number of amides is 1. The largest absolute Gasteiger partial charge is 0.497 e. The first-order valence-corrected chi connectivity index (χ1v) is 9.94. The van der Waals surface area contributed by atoms with Gasteiger partial charge in [0.1, 0.15) is 11.3 Å². The minimum absolute atomic E-state index is 0.156. The van der Waals surface area contributed by atoms with Crippen LogP contribution in [0.15, 0.2) is 48.5 Å². The Morgan fingerprint density at radius 3 is 2.41 bits per heavy atom. The molecular weight excluding hydrogens is 336 g/mol. The predicted molar refractivity (Wildman–Crippen MR) is 107 cm³/mol. The van der Waals surface area contributed by atoms with Crippen LogP contribution in [0.3, 0.4) is 0 Å². The molecule has 2 aliphatic rings. The van der Waals surface area contributed by atoms with Crippen LogP contribution in [0.5, 0.6) is 5.75 Å². The van der Waals surface area contributed by atoms with E-state index in [1.165, 1.54) is 30.4 Å². The van der Waals surface area contributed by atoms with Gasteiger partial charge in [0.05, 0.1) is 7.11 Å². The zero-order valence-electron chi connectivity index (χ0n) is 16.0. The predicted octanol–water partition coefficient (Wildman–Crippen LogP) is 3.33. The van der Waals surface area contributed by atoms with Crippen LogP contribution in [-0.4, -0.2) is 36.5 Å². The molecule has 2 aromatic rings. The lowest BCUT2D eigenvalue weighted by Crippen LogP contribution is -2.60. The van der Waals surface area contributed by atoms with Crippen molar-refractivity contribution in [3.8, 4) is 5.75 Å². The second-order valence-corrected chi connectivity index (χ2v) is 7.74. The summed E-state index contributed by atoms with van der Waals surface area (Å²) in [5, 5.41) is 3.23. The van der Waals surface area contributed by atoms with Crippen molar-refractivity contribution in [2.75, 3.05) is 20.2 Å². The molecule has 27 heavy (non-hydrogen) atoms. The van der Waals surface area contributed by atoms with Crippen molar-refractivity contribution in [2.45, 2.75) is 44.2 Å². The van der Waals surface area contributed by atoms with Gasteiger partial charge in [0, 0.05) is 19.4 Å². The van der Waals surface area contributed by atoms with Crippen LogP contribution >= 0.6 is 0 Å². The van der Waals surface area contributed by atoms with Gasteiger partial charge >= 0.3 is 0 Å². The van der Waals surface area contributed by atoms with E-state index >= 15 is 0 Å². The average Bonchev–Trinajstić information content (AvgIpc) is 3.14. The fraction of sp³-hybridized carbons (Fsp3) is 0.435. The van der Waals surface area contributed by atoms with Gasteiger partial charge in [-0.25, -0.2) is 0 Å². The zero-order chi connectivity index (χ0) is 18.7. The maximum Gasteiger partial charge on any atom is 0.241 e. The lowest BCUT2D eigenvalue weighted by molar-refractivity contribution is -0.134. The van der Waals surface area contributed by atoms with E-state index in [9.17, 15) is 4.79 Å². The van der Waals surface area contributed by atoms with Crippen molar-refractivity contribution in [1.29, 1.82) is 0 Å². The third-order valence-electron chi connectivity index (χ3n) is 6.06. The van der Waals surface area contributed by atoms with Gasteiger partial charge in [0.15, 0.2) is 0 Å². The van der Waals surface area contributed by atoms with E-state index in [1.54, 1.807) is 7.11 Å². The summed E-state index contributed by atoms with van der Waals surface area (Å²) in [4.78, 5) is 15.9. The highest BCUT2D eigenvalue weighted by Gasteiger charge is 2.48. The summed E-state index contributed by atoms with van der Waals surface area (Å²) in [6.45, 7) is 2.56. The molecule has 1 heterocycles. The highest BCUT2D eigenvalue weighted by molar-refractivity contribution is 5.88. The number of hydrogen-bond acceptors (Lipinski definition) is 3. The molecule has 0 bridgehead atoms. The van der Waals surface area contributed by atoms with E-state index in [-0.39, 0.29) is 5.91 Å². The molecule has 4 rings (SSSR count). The molecule has 0 atom stereocenters. The summed E-state index contributed by atoms with van der Waals surface area (Å²) in [6, 6.07) is 16.4. The normalized spacial score (nSPS) is 18.7. The topological polar surface area (TPSA) is 41.6 Å². The molecule has 1 N–H and O–H groups in total. The summed E-state index contributed by atoms with van der Waals surface area (Å²) in [7, 11) is 1.67. The van der Waals surface area contributed by atoms with Gasteiger partial charge in [-0.05, 0) is 54.8 Å². The third-order valence-corrected chi connectivity index (χ3v) is 6.06. The van der Waals surface area contributed by atoms with E-state index in [0.717, 1.165) is 37.2 Å². The van der Waals surface area contributed by atoms with Crippen LogP contribution in [0.4, 0.5) is 0 Å². The lowest BCUT2D eigenvalue weighted by atomic mass is 9.89. The van der Waals surface area contributed by atoms with Gasteiger partial charge in [0.25, 0.3) is 0 Å². The molecule has 1 saturated heterocycles. The van der Waals surface area contributed by atoms with Gasteiger partial charge in [-0.1, -0.05) is 42.8 Å². The smallest absolute Gasteiger partial charge is 0.241 e. The number of benzene rings is 2. The maximum absolute atomic E-state index is 13.5. The Morgan fingerprint density at radius 2 is 1.74 bits per heavy atom. The van der Waals surface area contributed by atoms with Crippen molar-refractivity contribution in [1.82, 2.24) is 10.2 Å². The molecule has 0 saturated carbocycles. The molecule has 0 unspecified atom stereocenters. The molecule has 0 radical (unpaired) electrons. The Bertz CT molecular complexity index is 787. The molecule has 0 spiro atoms. The number of nitrogens with one attached hydrogen (secondary N) is 1. The van der Waals surface area contributed by atoms with Crippen molar-refractivity contribution >= 4 is 5.91 Å². The average molecular weight is 364 g/mol. The summed E-state index contributed by atoms with van der Waals surface area (Å²) in [6.07, 6.45) is 5.26. The second-order valence-electron chi connectivity index (χ2n) is 7.74. The van der Waals surface area contributed by atoms with E-state index in [4.69, 9.17) is 4.74 Å². The van der Waals surface area contributed by atoms with Crippen molar-refractivity contribution in [3.05, 3.63) is 65.2 Å². The second kappa shape index (κ2) is 7.73. The van der Waals surface area contributed by atoms with Crippen LogP contribution in [0, 0.1) is 0 Å². The van der Waals surface area contributed by atoms with Gasteiger partial charge in [0.2, 0.25) is 5.91 Å². The molecule has 4 nitrogen and oxygen atoms in total. The van der Waals surface area contributed by atoms with Crippen LogP contribution in [0.25, 0.3) is 0 Å². The molecule has 142 valence electrons. The highest BCUT2D eigenvalue weighted by Crippen LogP contribution is 2.36. The summed E-state index contributed by atoms with van der Waals surface area (Å²) in [5.41, 5.74) is 3.26. The molecular formula is C23H28N2O2. The minimum Gasteiger partial charge on any atom is -0.497 e. The number of carbonyl (C=O) groups excluding carboxylic acids is 1. The number of fused-ring (bicyclic) bond motifs is 1. The zero-order valence-corrected chi connectivity index (χ0v) is 16.0. The lowest BCUT2D eigenvalue weighted by Gasteiger charge is -2.42. The number of ether oxygens (including phenoxy) is 1. The minimum atomic E-state index is -0.441. The third kappa shape index (κ3) is 3.59. The molecule has 1 fully saturated rings. The summed E-state index contributed by atoms with van der Waals surface area (Å²) < 4.78 is 5.30. The number of hydrogen-bond donors (Lipinski definition) is 1. The summed E-state index contributed by atoms with van der Waals surface area (Å²) >= 11 is 0. The molecule has 0 aromatic heterocycles. The molecule has 1 aliphatic heterocycles. The quantitative estimate of drug-likeness (QED) is 0.885. The fourth-order valence-electron chi connectivity index (χ4n) is 4.57. The standard InChI is InChI=1S/C23H28N2O2/c1-27-21-11-7-8-18(14-21)17-24-22(26)23(25-12-5-2-6-13-25)15-19-9-3-4-10-20(19)16-23/h3-4,7-11,14H,2,5-6,12-13,15-17H2,1H3,(H,24,26). The Morgan fingerprint density at radius 1 is 1.04 bits per heavy atom. The SMILES string of the molecule is COc1cccc(CNC(=O)C2(N3CCCCC3)Cc3ccccc3C2)c1. The maximum atomic E-state index is 13.5. The Labute approximate surface area is 161 Å². The first-order chi connectivity index (χ1) is 13.2. The monoisotopic (exact) mass is 364 g/mol. The van der Waals surface area contributed by atoms with E-state index < -0.39 is 5.54 Å². The molecule has 2 aromatic carbocycles. The van der Waals surface area contributed by atoms with Gasteiger partial charge in [-0.2, -0.15) is 0 Å². The number of likely N-dealkylation sites (tertiary alicyclic amines) is 1. The number of methoxy groups -OCH3 is 1. The summed E-state index contributed by atoms with van der Waals surface area (Å²) in [5.74, 6) is 0.976. The first-order valence-electron chi connectivity index (χ1n) is 9.94. The van der Waals surface area contributed by atoms with Gasteiger partial charge in [-0.3, -0.25) is 9.69 Å². The highest BCUT2D eigenvalue weighted by atomic mass is 16.5.